The summed E-state index contributed by atoms with van der Waals surface area (Å²) in [5.74, 6) is 0.428. The molecule has 1 heterocycles. The molecule has 134 valence electrons. The zero-order chi connectivity index (χ0) is 18.7. The lowest BCUT2D eigenvalue weighted by molar-refractivity contribution is -0.111. The Balaban J connectivity index is 1.67. The predicted octanol–water partition coefficient (Wildman–Crippen LogP) is 3.71. The summed E-state index contributed by atoms with van der Waals surface area (Å²) in [4.78, 5) is 12.2. The standard InChI is InChI=1S/C19H16ClNO4S/c1-26(23,24)17-6-4-16(5-7-17)21-19(22)9-2-13-10-14-11-15(20)3-8-18(14)25-12-13/h2-11H,12H2,1H3,(H,21,22)/b9-2+. The molecular formula is C19H16ClNO4S. The second-order valence-electron chi connectivity index (χ2n) is 5.81. The van der Waals surface area contributed by atoms with Crippen molar-refractivity contribution >= 4 is 39.1 Å². The van der Waals surface area contributed by atoms with Crippen molar-refractivity contribution in [1.82, 2.24) is 0 Å². The number of fused-ring (bicyclic) bond motifs is 1. The predicted molar refractivity (Wildman–Crippen MR) is 102 cm³/mol. The number of benzene rings is 2. The monoisotopic (exact) mass is 389 g/mol. The van der Waals surface area contributed by atoms with Gasteiger partial charge in [0.2, 0.25) is 5.91 Å². The molecule has 5 nitrogen and oxygen atoms in total. The van der Waals surface area contributed by atoms with Crippen LogP contribution in [0.25, 0.3) is 6.08 Å². The fourth-order valence-electron chi connectivity index (χ4n) is 2.41. The average Bonchev–Trinajstić information content (AvgIpc) is 2.59. The Morgan fingerprint density at radius 3 is 2.62 bits per heavy atom. The van der Waals surface area contributed by atoms with E-state index in [1.807, 2.05) is 12.1 Å². The fraction of sp³-hybridized carbons (Fsp3) is 0.105. The Hall–Kier alpha value is -2.57. The van der Waals surface area contributed by atoms with Gasteiger partial charge in [-0.15, -0.1) is 0 Å². The van der Waals surface area contributed by atoms with Gasteiger partial charge in [0.1, 0.15) is 12.4 Å². The Morgan fingerprint density at radius 1 is 1.19 bits per heavy atom. The van der Waals surface area contributed by atoms with Crippen LogP contribution < -0.4 is 10.1 Å². The molecule has 0 bridgehead atoms. The number of sulfone groups is 1. The first-order valence-electron chi connectivity index (χ1n) is 7.73. The number of ether oxygens (including phenoxy) is 1. The third-order valence-electron chi connectivity index (χ3n) is 3.71. The van der Waals surface area contributed by atoms with Crippen molar-refractivity contribution in [3.63, 3.8) is 0 Å². The van der Waals surface area contributed by atoms with E-state index in [1.54, 1.807) is 30.3 Å². The molecule has 1 aliphatic rings. The lowest BCUT2D eigenvalue weighted by Gasteiger charge is -2.16. The van der Waals surface area contributed by atoms with E-state index in [4.69, 9.17) is 16.3 Å². The maximum Gasteiger partial charge on any atom is 0.248 e. The van der Waals surface area contributed by atoms with Crippen molar-refractivity contribution in [2.45, 2.75) is 4.90 Å². The molecule has 1 aliphatic heterocycles. The Bertz CT molecular complexity index is 1010. The number of rotatable bonds is 4. The third kappa shape index (κ3) is 4.53. The molecule has 0 atom stereocenters. The van der Waals surface area contributed by atoms with Crippen molar-refractivity contribution in [2.75, 3.05) is 18.2 Å². The summed E-state index contributed by atoms with van der Waals surface area (Å²) in [6.07, 6.45) is 6.11. The molecule has 0 spiro atoms. The molecule has 0 aromatic heterocycles. The van der Waals surface area contributed by atoms with Gasteiger partial charge in [0, 0.05) is 28.6 Å². The molecule has 0 fully saturated rings. The van der Waals surface area contributed by atoms with Gasteiger partial charge in [-0.1, -0.05) is 17.7 Å². The molecule has 7 heteroatoms. The van der Waals surface area contributed by atoms with Crippen molar-refractivity contribution in [3.05, 3.63) is 70.8 Å². The third-order valence-corrected chi connectivity index (χ3v) is 5.07. The molecule has 0 saturated carbocycles. The molecular weight excluding hydrogens is 374 g/mol. The Labute approximate surface area is 156 Å². The normalized spacial score (nSPS) is 13.7. The van der Waals surface area contributed by atoms with E-state index in [0.717, 1.165) is 23.1 Å². The van der Waals surface area contributed by atoms with Gasteiger partial charge in [0.25, 0.3) is 0 Å². The number of anilines is 1. The molecule has 0 unspecified atom stereocenters. The van der Waals surface area contributed by atoms with Crippen LogP contribution in [0.1, 0.15) is 5.56 Å². The molecule has 1 amide bonds. The summed E-state index contributed by atoms with van der Waals surface area (Å²) >= 11 is 5.98. The van der Waals surface area contributed by atoms with Crippen LogP contribution in [0.15, 0.2) is 65.1 Å². The minimum absolute atomic E-state index is 0.202. The van der Waals surface area contributed by atoms with E-state index in [0.29, 0.717) is 17.3 Å². The van der Waals surface area contributed by atoms with Crippen molar-refractivity contribution < 1.29 is 17.9 Å². The van der Waals surface area contributed by atoms with Gasteiger partial charge in [0.15, 0.2) is 9.84 Å². The van der Waals surface area contributed by atoms with Gasteiger partial charge in [-0.3, -0.25) is 4.79 Å². The smallest absolute Gasteiger partial charge is 0.248 e. The Morgan fingerprint density at radius 2 is 1.92 bits per heavy atom. The van der Waals surface area contributed by atoms with Crippen LogP contribution in [-0.4, -0.2) is 27.2 Å². The van der Waals surface area contributed by atoms with E-state index in [2.05, 4.69) is 5.32 Å². The summed E-state index contributed by atoms with van der Waals surface area (Å²) in [6.45, 7) is 0.363. The van der Waals surface area contributed by atoms with Crippen LogP contribution in [0.4, 0.5) is 5.69 Å². The first-order valence-corrected chi connectivity index (χ1v) is 10.0. The number of hydrogen-bond acceptors (Lipinski definition) is 4. The number of halogens is 1. The molecule has 1 N–H and O–H groups in total. The highest BCUT2D eigenvalue weighted by Gasteiger charge is 2.10. The summed E-state index contributed by atoms with van der Waals surface area (Å²) in [5.41, 5.74) is 2.21. The van der Waals surface area contributed by atoms with Gasteiger partial charge < -0.3 is 10.1 Å². The first kappa shape index (κ1) is 18.2. The van der Waals surface area contributed by atoms with Crippen LogP contribution in [0.5, 0.6) is 5.75 Å². The minimum Gasteiger partial charge on any atom is -0.488 e. The SMILES string of the molecule is CS(=O)(=O)c1ccc(NC(=O)/C=C/C2=Cc3cc(Cl)ccc3OC2)cc1. The van der Waals surface area contributed by atoms with Gasteiger partial charge >= 0.3 is 0 Å². The number of carbonyl (C=O) groups excluding carboxylic acids is 1. The average molecular weight is 390 g/mol. The maximum absolute atomic E-state index is 12.0. The number of amides is 1. The van der Waals surface area contributed by atoms with Crippen molar-refractivity contribution in [2.24, 2.45) is 0 Å². The largest absolute Gasteiger partial charge is 0.488 e. The number of hydrogen-bond donors (Lipinski definition) is 1. The van der Waals surface area contributed by atoms with Crippen molar-refractivity contribution in [1.29, 1.82) is 0 Å². The second kappa shape index (κ2) is 7.35. The number of carbonyl (C=O) groups is 1. The van der Waals surface area contributed by atoms with E-state index in [-0.39, 0.29) is 10.8 Å². The van der Waals surface area contributed by atoms with E-state index < -0.39 is 9.84 Å². The molecule has 2 aromatic rings. The molecule has 26 heavy (non-hydrogen) atoms. The summed E-state index contributed by atoms with van der Waals surface area (Å²) in [6, 6.07) is 11.4. The Kier molecular flexibility index (Phi) is 5.15. The minimum atomic E-state index is -3.26. The molecule has 0 aliphatic carbocycles. The lowest BCUT2D eigenvalue weighted by atomic mass is 10.1. The van der Waals surface area contributed by atoms with Crippen LogP contribution in [0.3, 0.4) is 0 Å². The number of nitrogens with one attached hydrogen (secondary N) is 1. The summed E-state index contributed by atoms with van der Waals surface area (Å²) < 4.78 is 28.5. The van der Waals surface area contributed by atoms with Crippen LogP contribution in [0, 0.1) is 0 Å². The molecule has 0 saturated heterocycles. The summed E-state index contributed by atoms with van der Waals surface area (Å²) in [7, 11) is -3.26. The topological polar surface area (TPSA) is 72.5 Å². The summed E-state index contributed by atoms with van der Waals surface area (Å²) in [5, 5.41) is 3.29. The van der Waals surface area contributed by atoms with E-state index >= 15 is 0 Å². The highest BCUT2D eigenvalue weighted by Crippen LogP contribution is 2.29. The zero-order valence-corrected chi connectivity index (χ0v) is 15.5. The van der Waals surface area contributed by atoms with E-state index in [1.165, 1.54) is 18.2 Å². The fourth-order valence-corrected chi connectivity index (χ4v) is 3.23. The van der Waals surface area contributed by atoms with Crippen molar-refractivity contribution in [3.8, 4) is 5.75 Å². The van der Waals surface area contributed by atoms with Crippen LogP contribution in [-0.2, 0) is 14.6 Å². The van der Waals surface area contributed by atoms with Gasteiger partial charge in [0.05, 0.1) is 4.90 Å². The first-order chi connectivity index (χ1) is 12.3. The van der Waals surface area contributed by atoms with Gasteiger partial charge in [-0.25, -0.2) is 8.42 Å². The molecule has 3 rings (SSSR count). The van der Waals surface area contributed by atoms with Gasteiger partial charge in [-0.05, 0) is 54.1 Å². The van der Waals surface area contributed by atoms with Crippen LogP contribution >= 0.6 is 11.6 Å². The zero-order valence-electron chi connectivity index (χ0n) is 13.9. The second-order valence-corrected chi connectivity index (χ2v) is 8.26. The molecule has 0 radical (unpaired) electrons. The lowest BCUT2D eigenvalue weighted by Crippen LogP contribution is -2.10. The van der Waals surface area contributed by atoms with Crippen LogP contribution in [0.2, 0.25) is 5.02 Å². The highest BCUT2D eigenvalue weighted by molar-refractivity contribution is 7.90. The quantitative estimate of drug-likeness (QED) is 0.809. The molecule has 2 aromatic carbocycles. The highest BCUT2D eigenvalue weighted by atomic mass is 35.5. The maximum atomic E-state index is 12.0. The van der Waals surface area contributed by atoms with E-state index in [9.17, 15) is 13.2 Å². The van der Waals surface area contributed by atoms with Gasteiger partial charge in [-0.2, -0.15) is 0 Å².